The molecule has 5 nitrogen and oxygen atoms in total. The van der Waals surface area contributed by atoms with E-state index < -0.39 is 0 Å². The summed E-state index contributed by atoms with van der Waals surface area (Å²) in [6.45, 7) is 1.87. The molecule has 0 saturated carbocycles. The molecule has 0 aliphatic carbocycles. The maximum Gasteiger partial charge on any atom is 0.291 e. The number of furan rings is 1. The van der Waals surface area contributed by atoms with Gasteiger partial charge in [-0.2, -0.15) is 0 Å². The Morgan fingerprint density at radius 2 is 1.61 bits per heavy atom. The Morgan fingerprint density at radius 1 is 0.879 bits per heavy atom. The standard InChI is InChI=1S/C27H25FN2O3/c1-32-25-10-6-5-9-21(25)18-30(17-20-7-3-2-4-8-20)19-24-15-16-26(33-24)27(31)29-23-13-11-22(28)12-14-23/h2-16H,17-19H2,1H3,(H,29,31). The second kappa shape index (κ2) is 10.6. The Labute approximate surface area is 192 Å². The number of amides is 1. The molecule has 1 N–H and O–H groups in total. The summed E-state index contributed by atoms with van der Waals surface area (Å²) in [5.41, 5.74) is 2.74. The highest BCUT2D eigenvalue weighted by atomic mass is 19.1. The van der Waals surface area contributed by atoms with Crippen molar-refractivity contribution in [3.05, 3.63) is 119 Å². The molecule has 168 valence electrons. The molecular weight excluding hydrogens is 419 g/mol. The van der Waals surface area contributed by atoms with Crippen LogP contribution in [0.2, 0.25) is 0 Å². The minimum absolute atomic E-state index is 0.200. The summed E-state index contributed by atoms with van der Waals surface area (Å²) in [5.74, 6) is 0.958. The van der Waals surface area contributed by atoms with Gasteiger partial charge in [-0.05, 0) is 48.0 Å². The molecular formula is C27H25FN2O3. The number of halogens is 1. The number of benzene rings is 3. The fourth-order valence-electron chi connectivity index (χ4n) is 3.62. The van der Waals surface area contributed by atoms with Crippen molar-refractivity contribution in [2.24, 2.45) is 0 Å². The first-order chi connectivity index (χ1) is 16.1. The van der Waals surface area contributed by atoms with Gasteiger partial charge in [-0.1, -0.05) is 48.5 Å². The molecule has 0 atom stereocenters. The number of carbonyl (C=O) groups is 1. The maximum absolute atomic E-state index is 13.1. The molecule has 4 aromatic rings. The number of anilines is 1. The molecule has 6 heteroatoms. The van der Waals surface area contributed by atoms with Gasteiger partial charge >= 0.3 is 0 Å². The fraction of sp³-hybridized carbons (Fsp3) is 0.148. The highest BCUT2D eigenvalue weighted by molar-refractivity contribution is 6.02. The molecule has 0 radical (unpaired) electrons. The predicted molar refractivity (Wildman–Crippen MR) is 125 cm³/mol. The minimum atomic E-state index is -0.382. The zero-order valence-electron chi connectivity index (χ0n) is 18.3. The van der Waals surface area contributed by atoms with Crippen LogP contribution in [0.4, 0.5) is 10.1 Å². The number of rotatable bonds is 9. The van der Waals surface area contributed by atoms with Gasteiger partial charge in [0.25, 0.3) is 5.91 Å². The van der Waals surface area contributed by atoms with Crippen molar-refractivity contribution in [3.63, 3.8) is 0 Å². The van der Waals surface area contributed by atoms with E-state index in [1.54, 1.807) is 19.2 Å². The van der Waals surface area contributed by atoms with E-state index in [4.69, 9.17) is 9.15 Å². The molecule has 1 amide bonds. The largest absolute Gasteiger partial charge is 0.496 e. The van der Waals surface area contributed by atoms with E-state index in [1.165, 1.54) is 29.8 Å². The van der Waals surface area contributed by atoms with Crippen LogP contribution in [-0.2, 0) is 19.6 Å². The Morgan fingerprint density at radius 3 is 2.36 bits per heavy atom. The molecule has 0 bridgehead atoms. The van der Waals surface area contributed by atoms with E-state index in [-0.39, 0.29) is 17.5 Å². The first-order valence-electron chi connectivity index (χ1n) is 10.6. The lowest BCUT2D eigenvalue weighted by Gasteiger charge is -2.22. The number of nitrogens with one attached hydrogen (secondary N) is 1. The summed E-state index contributed by atoms with van der Waals surface area (Å²) in [7, 11) is 1.67. The Balaban J connectivity index is 1.49. The van der Waals surface area contributed by atoms with Crippen molar-refractivity contribution < 1.29 is 18.3 Å². The topological polar surface area (TPSA) is 54.7 Å². The van der Waals surface area contributed by atoms with Crippen molar-refractivity contribution in [2.45, 2.75) is 19.6 Å². The number of methoxy groups -OCH3 is 1. The normalized spacial score (nSPS) is 10.9. The third-order valence-electron chi connectivity index (χ3n) is 5.20. The van der Waals surface area contributed by atoms with Crippen LogP contribution >= 0.6 is 0 Å². The maximum atomic E-state index is 13.1. The van der Waals surface area contributed by atoms with Crippen LogP contribution in [0.15, 0.2) is 95.4 Å². The quantitative estimate of drug-likeness (QED) is 0.350. The van der Waals surface area contributed by atoms with Crippen molar-refractivity contribution in [1.29, 1.82) is 0 Å². The minimum Gasteiger partial charge on any atom is -0.496 e. The lowest BCUT2D eigenvalue weighted by Crippen LogP contribution is -2.22. The number of para-hydroxylation sites is 1. The molecule has 1 heterocycles. The van der Waals surface area contributed by atoms with E-state index in [9.17, 15) is 9.18 Å². The summed E-state index contributed by atoms with van der Waals surface area (Å²) in [5, 5.41) is 2.72. The third-order valence-corrected chi connectivity index (χ3v) is 5.20. The van der Waals surface area contributed by atoms with Crippen molar-refractivity contribution in [2.75, 3.05) is 12.4 Å². The molecule has 1 aromatic heterocycles. The summed E-state index contributed by atoms with van der Waals surface area (Å²) in [6, 6.07) is 27.2. The summed E-state index contributed by atoms with van der Waals surface area (Å²) < 4.78 is 24.5. The molecule has 0 saturated heterocycles. The first-order valence-corrected chi connectivity index (χ1v) is 10.6. The van der Waals surface area contributed by atoms with Crippen LogP contribution in [0.25, 0.3) is 0 Å². The Bertz CT molecular complexity index is 1190. The lowest BCUT2D eigenvalue weighted by molar-refractivity contribution is 0.0992. The van der Waals surface area contributed by atoms with Gasteiger partial charge < -0.3 is 14.5 Å². The highest BCUT2D eigenvalue weighted by Gasteiger charge is 2.16. The fourth-order valence-corrected chi connectivity index (χ4v) is 3.62. The molecule has 4 rings (SSSR count). The average molecular weight is 445 g/mol. The first kappa shape index (κ1) is 22.3. The van der Waals surface area contributed by atoms with E-state index in [1.807, 2.05) is 42.5 Å². The van der Waals surface area contributed by atoms with Gasteiger partial charge in [0.05, 0.1) is 13.7 Å². The summed E-state index contributed by atoms with van der Waals surface area (Å²) in [6.07, 6.45) is 0. The Kier molecular flexibility index (Phi) is 7.17. The molecule has 0 spiro atoms. The van der Waals surface area contributed by atoms with Crippen LogP contribution in [0.5, 0.6) is 5.75 Å². The monoisotopic (exact) mass is 444 g/mol. The van der Waals surface area contributed by atoms with Crippen LogP contribution in [-0.4, -0.2) is 17.9 Å². The van der Waals surface area contributed by atoms with Gasteiger partial charge in [-0.3, -0.25) is 9.69 Å². The van der Waals surface area contributed by atoms with Crippen molar-refractivity contribution in [1.82, 2.24) is 4.90 Å². The lowest BCUT2D eigenvalue weighted by atomic mass is 10.1. The molecule has 0 unspecified atom stereocenters. The Hall–Kier alpha value is -3.90. The van der Waals surface area contributed by atoms with E-state index in [2.05, 4.69) is 22.3 Å². The molecule has 0 aliphatic heterocycles. The van der Waals surface area contributed by atoms with Gasteiger partial charge in [0, 0.05) is 24.3 Å². The van der Waals surface area contributed by atoms with Crippen molar-refractivity contribution in [3.8, 4) is 5.75 Å². The number of hydrogen-bond donors (Lipinski definition) is 1. The third kappa shape index (κ3) is 6.08. The molecule has 0 aliphatic rings. The van der Waals surface area contributed by atoms with E-state index >= 15 is 0 Å². The molecule has 0 fully saturated rings. The van der Waals surface area contributed by atoms with Gasteiger partial charge in [0.2, 0.25) is 0 Å². The second-order valence-corrected chi connectivity index (χ2v) is 7.67. The zero-order valence-corrected chi connectivity index (χ0v) is 18.3. The van der Waals surface area contributed by atoms with E-state index in [0.717, 1.165) is 11.3 Å². The molecule has 33 heavy (non-hydrogen) atoms. The second-order valence-electron chi connectivity index (χ2n) is 7.67. The van der Waals surface area contributed by atoms with Crippen LogP contribution in [0, 0.1) is 5.82 Å². The number of ether oxygens (including phenoxy) is 1. The number of hydrogen-bond acceptors (Lipinski definition) is 4. The van der Waals surface area contributed by atoms with Crippen LogP contribution < -0.4 is 10.1 Å². The van der Waals surface area contributed by atoms with E-state index in [0.29, 0.717) is 31.1 Å². The highest BCUT2D eigenvalue weighted by Crippen LogP contribution is 2.22. The van der Waals surface area contributed by atoms with Gasteiger partial charge in [0.1, 0.15) is 17.3 Å². The van der Waals surface area contributed by atoms with Gasteiger partial charge in [0.15, 0.2) is 5.76 Å². The summed E-state index contributed by atoms with van der Waals surface area (Å²) in [4.78, 5) is 14.8. The number of nitrogens with zero attached hydrogens (tertiary/aromatic N) is 1. The van der Waals surface area contributed by atoms with Gasteiger partial charge in [-0.15, -0.1) is 0 Å². The van der Waals surface area contributed by atoms with Crippen LogP contribution in [0.1, 0.15) is 27.4 Å². The average Bonchev–Trinajstić information content (AvgIpc) is 3.30. The zero-order chi connectivity index (χ0) is 23.0. The van der Waals surface area contributed by atoms with Crippen molar-refractivity contribution >= 4 is 11.6 Å². The molecule has 3 aromatic carbocycles. The number of carbonyl (C=O) groups excluding carboxylic acids is 1. The smallest absolute Gasteiger partial charge is 0.291 e. The summed E-state index contributed by atoms with van der Waals surface area (Å²) >= 11 is 0. The predicted octanol–water partition coefficient (Wildman–Crippen LogP) is 5.88. The van der Waals surface area contributed by atoms with Gasteiger partial charge in [-0.25, -0.2) is 4.39 Å². The SMILES string of the molecule is COc1ccccc1CN(Cc1ccccc1)Cc1ccc(C(=O)Nc2ccc(F)cc2)o1. The van der Waals surface area contributed by atoms with Crippen LogP contribution in [0.3, 0.4) is 0 Å².